The van der Waals surface area contributed by atoms with Crippen molar-refractivity contribution in [3.05, 3.63) is 29.3 Å². The largest absolute Gasteiger partial charge is 0.418 e. The van der Waals surface area contributed by atoms with Crippen molar-refractivity contribution in [1.82, 2.24) is 5.32 Å². The molecule has 2 rings (SSSR count). The first-order chi connectivity index (χ1) is 9.91. The molecule has 0 aromatic heterocycles. The van der Waals surface area contributed by atoms with E-state index in [-0.39, 0.29) is 17.3 Å². The molecule has 0 aliphatic heterocycles. The lowest BCUT2D eigenvalue weighted by atomic mass is 10.1. The summed E-state index contributed by atoms with van der Waals surface area (Å²) in [5.74, 6) is -0.435. The number of amides is 1. The monoisotopic (exact) mass is 300 g/mol. The summed E-state index contributed by atoms with van der Waals surface area (Å²) in [5.41, 5.74) is -0.748. The molecule has 2 N–H and O–H groups in total. The van der Waals surface area contributed by atoms with E-state index >= 15 is 0 Å². The summed E-state index contributed by atoms with van der Waals surface area (Å²) in [7, 11) is 0. The van der Waals surface area contributed by atoms with Crippen molar-refractivity contribution in [2.75, 3.05) is 11.9 Å². The molecule has 1 amide bonds. The van der Waals surface area contributed by atoms with Gasteiger partial charge in [-0.25, -0.2) is 0 Å². The molecule has 1 aliphatic carbocycles. The van der Waals surface area contributed by atoms with Gasteiger partial charge in [0.15, 0.2) is 0 Å². The molecule has 3 nitrogen and oxygen atoms in total. The summed E-state index contributed by atoms with van der Waals surface area (Å²) in [5, 5.41) is 5.47. The van der Waals surface area contributed by atoms with Crippen molar-refractivity contribution in [3.8, 4) is 0 Å². The van der Waals surface area contributed by atoms with E-state index in [1.54, 1.807) is 6.92 Å². The lowest BCUT2D eigenvalue weighted by molar-refractivity contribution is -0.137. The molecule has 21 heavy (non-hydrogen) atoms. The van der Waals surface area contributed by atoms with Crippen LogP contribution in [0.3, 0.4) is 0 Å². The first-order valence-electron chi connectivity index (χ1n) is 7.17. The Morgan fingerprint density at radius 1 is 1.29 bits per heavy atom. The van der Waals surface area contributed by atoms with E-state index in [0.29, 0.717) is 6.54 Å². The number of hydrogen-bond donors (Lipinski definition) is 2. The van der Waals surface area contributed by atoms with Crippen molar-refractivity contribution in [3.63, 3.8) is 0 Å². The molecule has 0 bridgehead atoms. The van der Waals surface area contributed by atoms with Crippen LogP contribution in [0.2, 0.25) is 0 Å². The third kappa shape index (κ3) is 3.89. The zero-order chi connectivity index (χ0) is 15.5. The summed E-state index contributed by atoms with van der Waals surface area (Å²) in [6.45, 7) is 2.11. The molecule has 0 heterocycles. The minimum atomic E-state index is -4.48. The maximum Gasteiger partial charge on any atom is 0.418 e. The Morgan fingerprint density at radius 2 is 1.95 bits per heavy atom. The molecule has 6 heteroatoms. The molecule has 1 aliphatic rings. The van der Waals surface area contributed by atoms with E-state index in [2.05, 4.69) is 10.6 Å². The van der Waals surface area contributed by atoms with Gasteiger partial charge in [0.05, 0.1) is 5.56 Å². The van der Waals surface area contributed by atoms with Crippen molar-refractivity contribution < 1.29 is 18.0 Å². The van der Waals surface area contributed by atoms with Crippen LogP contribution in [0, 0.1) is 0 Å². The highest BCUT2D eigenvalue weighted by atomic mass is 19.4. The number of anilines is 1. The van der Waals surface area contributed by atoms with Gasteiger partial charge in [0.2, 0.25) is 0 Å². The Labute approximate surface area is 121 Å². The molecule has 0 unspecified atom stereocenters. The van der Waals surface area contributed by atoms with Crippen molar-refractivity contribution in [1.29, 1.82) is 0 Å². The first kappa shape index (κ1) is 15.7. The molecule has 1 saturated carbocycles. The fraction of sp³-hybridized carbons (Fsp3) is 0.533. The van der Waals surface area contributed by atoms with E-state index in [1.165, 1.54) is 12.1 Å². The standard InChI is InChI=1S/C15H19F3N2O/c1-2-19-13-8-7-10(9-12(13)15(16,17)18)14(21)20-11-5-3-4-6-11/h7-9,11,19H,2-6H2,1H3,(H,20,21). The number of rotatable bonds is 4. The molecule has 1 fully saturated rings. The predicted molar refractivity (Wildman–Crippen MR) is 75.3 cm³/mol. The van der Waals surface area contributed by atoms with E-state index in [4.69, 9.17) is 0 Å². The summed E-state index contributed by atoms with van der Waals surface area (Å²) >= 11 is 0. The van der Waals surface area contributed by atoms with Crippen LogP contribution < -0.4 is 10.6 Å². The van der Waals surface area contributed by atoms with Gasteiger partial charge in [-0.1, -0.05) is 12.8 Å². The van der Waals surface area contributed by atoms with E-state index in [9.17, 15) is 18.0 Å². The average molecular weight is 300 g/mol. The van der Waals surface area contributed by atoms with Crippen LogP contribution in [0.25, 0.3) is 0 Å². The molecule has 0 saturated heterocycles. The highest BCUT2D eigenvalue weighted by Gasteiger charge is 2.34. The van der Waals surface area contributed by atoms with Crippen molar-refractivity contribution in [2.45, 2.75) is 44.8 Å². The van der Waals surface area contributed by atoms with E-state index in [1.807, 2.05) is 0 Å². The lowest BCUT2D eigenvalue weighted by Crippen LogP contribution is -2.32. The number of alkyl halides is 3. The molecule has 0 atom stereocenters. The van der Waals surface area contributed by atoms with Crippen LogP contribution in [-0.2, 0) is 6.18 Å². The van der Waals surface area contributed by atoms with Crippen LogP contribution in [0.5, 0.6) is 0 Å². The Kier molecular flexibility index (Phi) is 4.75. The molecular formula is C15H19F3N2O. The first-order valence-corrected chi connectivity index (χ1v) is 7.17. The van der Waals surface area contributed by atoms with Crippen LogP contribution >= 0.6 is 0 Å². The van der Waals surface area contributed by atoms with Gasteiger partial charge in [0.25, 0.3) is 5.91 Å². The Hall–Kier alpha value is -1.72. The van der Waals surface area contributed by atoms with Gasteiger partial charge in [0.1, 0.15) is 0 Å². The average Bonchev–Trinajstić information content (AvgIpc) is 2.91. The van der Waals surface area contributed by atoms with E-state index < -0.39 is 17.6 Å². The van der Waals surface area contributed by atoms with Gasteiger partial charge in [0, 0.05) is 23.8 Å². The van der Waals surface area contributed by atoms with Crippen molar-refractivity contribution in [2.24, 2.45) is 0 Å². The molecule has 116 valence electrons. The normalized spacial score (nSPS) is 16.0. The minimum absolute atomic E-state index is 0.00224. The summed E-state index contributed by atoms with van der Waals surface area (Å²) < 4.78 is 39.1. The maximum absolute atomic E-state index is 13.0. The van der Waals surface area contributed by atoms with E-state index in [0.717, 1.165) is 31.7 Å². The highest BCUT2D eigenvalue weighted by Crippen LogP contribution is 2.35. The van der Waals surface area contributed by atoms with Crippen LogP contribution in [0.1, 0.15) is 48.5 Å². The van der Waals surface area contributed by atoms with Gasteiger partial charge in [-0.3, -0.25) is 4.79 Å². The number of carbonyl (C=O) groups is 1. The molecule has 1 aromatic carbocycles. The lowest BCUT2D eigenvalue weighted by Gasteiger charge is -2.16. The second kappa shape index (κ2) is 6.37. The van der Waals surface area contributed by atoms with Crippen molar-refractivity contribution >= 4 is 11.6 Å². The number of nitrogens with one attached hydrogen (secondary N) is 2. The van der Waals surface area contributed by atoms with Gasteiger partial charge >= 0.3 is 6.18 Å². The zero-order valence-corrected chi connectivity index (χ0v) is 11.9. The van der Waals surface area contributed by atoms with Crippen LogP contribution in [0.4, 0.5) is 18.9 Å². The van der Waals surface area contributed by atoms with Gasteiger partial charge in [-0.2, -0.15) is 13.2 Å². The fourth-order valence-electron chi connectivity index (χ4n) is 2.60. The molecule has 1 aromatic rings. The van der Waals surface area contributed by atoms with Gasteiger partial charge < -0.3 is 10.6 Å². The molecule has 0 radical (unpaired) electrons. The summed E-state index contributed by atoms with van der Waals surface area (Å²) in [4.78, 5) is 12.1. The fourth-order valence-corrected chi connectivity index (χ4v) is 2.60. The maximum atomic E-state index is 13.0. The predicted octanol–water partition coefficient (Wildman–Crippen LogP) is 3.81. The smallest absolute Gasteiger partial charge is 0.385 e. The number of halogens is 3. The Morgan fingerprint density at radius 3 is 2.52 bits per heavy atom. The van der Waals surface area contributed by atoms with Crippen LogP contribution in [-0.4, -0.2) is 18.5 Å². The number of hydrogen-bond acceptors (Lipinski definition) is 2. The van der Waals surface area contributed by atoms with Gasteiger partial charge in [-0.05, 0) is 38.0 Å². The number of carbonyl (C=O) groups excluding carboxylic acids is 1. The quantitative estimate of drug-likeness (QED) is 0.888. The number of benzene rings is 1. The van der Waals surface area contributed by atoms with Crippen LogP contribution in [0.15, 0.2) is 18.2 Å². The SMILES string of the molecule is CCNc1ccc(C(=O)NC2CCCC2)cc1C(F)(F)F. The molecule has 0 spiro atoms. The zero-order valence-electron chi connectivity index (χ0n) is 11.9. The molecular weight excluding hydrogens is 281 g/mol. The minimum Gasteiger partial charge on any atom is -0.385 e. The third-order valence-corrected chi connectivity index (χ3v) is 3.64. The topological polar surface area (TPSA) is 41.1 Å². The Bertz CT molecular complexity index is 508. The summed E-state index contributed by atoms with van der Waals surface area (Å²) in [6.07, 6.45) is -0.585. The Balaban J connectivity index is 2.21. The second-order valence-corrected chi connectivity index (χ2v) is 5.24. The van der Waals surface area contributed by atoms with Gasteiger partial charge in [-0.15, -0.1) is 0 Å². The second-order valence-electron chi connectivity index (χ2n) is 5.24. The third-order valence-electron chi connectivity index (χ3n) is 3.64. The highest BCUT2D eigenvalue weighted by molar-refractivity contribution is 5.95. The summed E-state index contributed by atoms with van der Waals surface area (Å²) in [6, 6.07) is 3.75.